The molecular formula is C20H12FN3O3S. The Morgan fingerprint density at radius 1 is 1.18 bits per heavy atom. The van der Waals surface area contributed by atoms with Gasteiger partial charge in [0.15, 0.2) is 0 Å². The minimum atomic E-state index is -0.724. The van der Waals surface area contributed by atoms with Crippen LogP contribution in [0.2, 0.25) is 0 Å². The molecule has 1 heterocycles. The van der Waals surface area contributed by atoms with E-state index in [0.717, 1.165) is 4.88 Å². The van der Waals surface area contributed by atoms with Crippen molar-refractivity contribution in [2.24, 2.45) is 0 Å². The molecule has 3 aromatic rings. The van der Waals surface area contributed by atoms with Gasteiger partial charge in [0.25, 0.3) is 11.6 Å². The molecule has 1 aromatic heterocycles. The Balaban J connectivity index is 1.83. The van der Waals surface area contributed by atoms with Gasteiger partial charge >= 0.3 is 0 Å². The number of nitriles is 1. The van der Waals surface area contributed by atoms with Crippen molar-refractivity contribution in [3.63, 3.8) is 0 Å². The molecule has 8 heteroatoms. The minimum absolute atomic E-state index is 0.0166. The van der Waals surface area contributed by atoms with E-state index >= 15 is 0 Å². The van der Waals surface area contributed by atoms with Crippen molar-refractivity contribution in [2.75, 3.05) is 5.32 Å². The predicted molar refractivity (Wildman–Crippen MR) is 105 cm³/mol. The SMILES string of the molecule is N#C/C(=C\c1ccc(-c2cccc([N+](=O)[O-])c2)s1)C(=O)Nc1ccccc1F. The Kier molecular flexibility index (Phi) is 5.58. The molecule has 6 nitrogen and oxygen atoms in total. The second-order valence-electron chi connectivity index (χ2n) is 5.61. The second-order valence-corrected chi connectivity index (χ2v) is 6.73. The minimum Gasteiger partial charge on any atom is -0.319 e. The number of halogens is 1. The zero-order valence-corrected chi connectivity index (χ0v) is 15.1. The highest BCUT2D eigenvalue weighted by Gasteiger charge is 2.13. The highest BCUT2D eigenvalue weighted by Crippen LogP contribution is 2.31. The Morgan fingerprint density at radius 3 is 2.68 bits per heavy atom. The number of nitro benzene ring substituents is 1. The van der Waals surface area contributed by atoms with E-state index in [4.69, 9.17) is 0 Å². The topological polar surface area (TPSA) is 96.0 Å². The Bertz CT molecular complexity index is 1130. The molecule has 0 aliphatic heterocycles. The Labute approximate surface area is 163 Å². The number of non-ortho nitro benzene ring substituents is 1. The van der Waals surface area contributed by atoms with Gasteiger partial charge in [0.05, 0.1) is 10.6 Å². The van der Waals surface area contributed by atoms with Crippen LogP contribution in [0, 0.1) is 27.3 Å². The summed E-state index contributed by atoms with van der Waals surface area (Å²) in [6.07, 6.45) is 1.39. The molecule has 0 bridgehead atoms. The lowest BCUT2D eigenvalue weighted by Gasteiger charge is -2.04. The van der Waals surface area contributed by atoms with Gasteiger partial charge in [-0.25, -0.2) is 4.39 Å². The van der Waals surface area contributed by atoms with Crippen molar-refractivity contribution in [2.45, 2.75) is 0 Å². The summed E-state index contributed by atoms with van der Waals surface area (Å²) >= 11 is 1.27. The van der Waals surface area contributed by atoms with E-state index in [1.54, 1.807) is 30.3 Å². The van der Waals surface area contributed by atoms with Crippen molar-refractivity contribution in [1.82, 2.24) is 0 Å². The van der Waals surface area contributed by atoms with Crippen LogP contribution in [-0.2, 0) is 4.79 Å². The van der Waals surface area contributed by atoms with E-state index in [9.17, 15) is 24.6 Å². The third kappa shape index (κ3) is 4.28. The fraction of sp³-hybridized carbons (Fsp3) is 0. The molecule has 2 aromatic carbocycles. The molecule has 0 saturated carbocycles. The van der Waals surface area contributed by atoms with Crippen LogP contribution in [0.3, 0.4) is 0 Å². The molecule has 0 aliphatic rings. The summed E-state index contributed by atoms with van der Waals surface area (Å²) in [5.74, 6) is -1.32. The highest BCUT2D eigenvalue weighted by molar-refractivity contribution is 7.16. The monoisotopic (exact) mass is 393 g/mol. The summed E-state index contributed by atoms with van der Waals surface area (Å²) in [7, 11) is 0. The summed E-state index contributed by atoms with van der Waals surface area (Å²) in [6, 6.07) is 17.1. The van der Waals surface area contributed by atoms with Gasteiger partial charge in [-0.1, -0.05) is 24.3 Å². The number of hydrogen-bond donors (Lipinski definition) is 1. The maximum absolute atomic E-state index is 13.7. The summed E-state index contributed by atoms with van der Waals surface area (Å²) in [5.41, 5.74) is 0.436. The van der Waals surface area contributed by atoms with Gasteiger partial charge in [-0.15, -0.1) is 11.3 Å². The number of carbonyl (C=O) groups excluding carboxylic acids is 1. The largest absolute Gasteiger partial charge is 0.319 e. The molecule has 0 spiro atoms. The van der Waals surface area contributed by atoms with Crippen molar-refractivity contribution >= 4 is 34.7 Å². The second kappa shape index (κ2) is 8.24. The van der Waals surface area contributed by atoms with E-state index in [-0.39, 0.29) is 16.9 Å². The molecule has 0 aliphatic carbocycles. The molecular weight excluding hydrogens is 381 g/mol. The smallest absolute Gasteiger partial charge is 0.270 e. The number of rotatable bonds is 5. The van der Waals surface area contributed by atoms with Crippen LogP contribution in [0.5, 0.6) is 0 Å². The number of para-hydroxylation sites is 1. The zero-order valence-electron chi connectivity index (χ0n) is 14.3. The number of anilines is 1. The Morgan fingerprint density at radius 2 is 1.96 bits per heavy atom. The standard InChI is InChI=1S/C20H12FN3O3S/c21-17-6-1-2-7-18(17)23-20(25)14(12-22)11-16-8-9-19(28-16)13-4-3-5-15(10-13)24(26)27/h1-11H,(H,23,25)/b14-11+. The molecule has 0 atom stereocenters. The van der Waals surface area contributed by atoms with Crippen LogP contribution < -0.4 is 5.32 Å². The molecule has 3 rings (SSSR count). The van der Waals surface area contributed by atoms with E-state index < -0.39 is 16.6 Å². The number of nitro groups is 1. The number of thiophene rings is 1. The summed E-state index contributed by atoms with van der Waals surface area (Å²) < 4.78 is 13.7. The number of benzene rings is 2. The number of amides is 1. The first-order valence-electron chi connectivity index (χ1n) is 8.00. The Hall–Kier alpha value is -3.83. The first-order valence-corrected chi connectivity index (χ1v) is 8.82. The molecule has 0 fully saturated rings. The van der Waals surface area contributed by atoms with Crippen LogP contribution in [0.1, 0.15) is 4.88 Å². The molecule has 0 radical (unpaired) electrons. The number of hydrogen-bond acceptors (Lipinski definition) is 5. The van der Waals surface area contributed by atoms with Crippen molar-refractivity contribution < 1.29 is 14.1 Å². The lowest BCUT2D eigenvalue weighted by atomic mass is 10.1. The van der Waals surface area contributed by atoms with Gasteiger partial charge in [-0.3, -0.25) is 14.9 Å². The van der Waals surface area contributed by atoms with Crippen LogP contribution in [-0.4, -0.2) is 10.8 Å². The van der Waals surface area contributed by atoms with Crippen LogP contribution in [0.4, 0.5) is 15.8 Å². The first-order chi connectivity index (χ1) is 13.5. The summed E-state index contributed by atoms with van der Waals surface area (Å²) in [5, 5.41) is 22.6. The van der Waals surface area contributed by atoms with E-state index in [1.807, 2.05) is 6.07 Å². The van der Waals surface area contributed by atoms with Crippen LogP contribution >= 0.6 is 11.3 Å². The number of nitrogens with one attached hydrogen (secondary N) is 1. The van der Waals surface area contributed by atoms with Gasteiger partial charge in [-0.05, 0) is 35.9 Å². The van der Waals surface area contributed by atoms with Gasteiger partial charge in [-0.2, -0.15) is 5.26 Å². The third-order valence-corrected chi connectivity index (χ3v) is 4.82. The van der Waals surface area contributed by atoms with Crippen molar-refractivity contribution in [3.05, 3.63) is 87.0 Å². The molecule has 1 amide bonds. The predicted octanol–water partition coefficient (Wildman–Crippen LogP) is 5.01. The molecule has 0 saturated heterocycles. The maximum atomic E-state index is 13.7. The third-order valence-electron chi connectivity index (χ3n) is 3.74. The molecule has 138 valence electrons. The van der Waals surface area contributed by atoms with Crippen molar-refractivity contribution in [1.29, 1.82) is 5.26 Å². The fourth-order valence-corrected chi connectivity index (χ4v) is 3.35. The fourth-order valence-electron chi connectivity index (χ4n) is 2.40. The average molecular weight is 393 g/mol. The normalized spacial score (nSPS) is 10.9. The van der Waals surface area contributed by atoms with Crippen LogP contribution in [0.25, 0.3) is 16.5 Å². The van der Waals surface area contributed by atoms with Gasteiger partial charge in [0.2, 0.25) is 0 Å². The zero-order chi connectivity index (χ0) is 20.1. The van der Waals surface area contributed by atoms with Crippen LogP contribution in [0.15, 0.2) is 66.2 Å². The average Bonchev–Trinajstić information content (AvgIpc) is 3.16. The maximum Gasteiger partial charge on any atom is 0.270 e. The van der Waals surface area contributed by atoms with E-state index in [0.29, 0.717) is 10.4 Å². The van der Waals surface area contributed by atoms with Crippen molar-refractivity contribution in [3.8, 4) is 16.5 Å². The van der Waals surface area contributed by atoms with E-state index in [2.05, 4.69) is 5.32 Å². The van der Waals surface area contributed by atoms with Gasteiger partial charge < -0.3 is 5.32 Å². The van der Waals surface area contributed by atoms with Gasteiger partial charge in [0, 0.05) is 21.9 Å². The lowest BCUT2D eigenvalue weighted by Crippen LogP contribution is -2.14. The highest BCUT2D eigenvalue weighted by atomic mass is 32.1. The quantitative estimate of drug-likeness (QED) is 0.285. The molecule has 1 N–H and O–H groups in total. The molecule has 0 unspecified atom stereocenters. The lowest BCUT2D eigenvalue weighted by molar-refractivity contribution is -0.384. The summed E-state index contributed by atoms with van der Waals surface area (Å²) in [6.45, 7) is 0. The number of nitrogens with zero attached hydrogens (tertiary/aromatic N) is 2. The van der Waals surface area contributed by atoms with Gasteiger partial charge in [0.1, 0.15) is 17.5 Å². The number of carbonyl (C=O) groups is 1. The molecule has 28 heavy (non-hydrogen) atoms. The first kappa shape index (κ1) is 18.9. The summed E-state index contributed by atoms with van der Waals surface area (Å²) in [4.78, 5) is 24.1. The van der Waals surface area contributed by atoms with E-state index in [1.165, 1.54) is 47.7 Å².